The zero-order valence-corrected chi connectivity index (χ0v) is 26.7. The molecular formula is C36H30N2O4S3. The molecule has 1 N–H and O–H groups in total. The monoisotopic (exact) mass is 650 g/mol. The van der Waals surface area contributed by atoms with Gasteiger partial charge in [0.2, 0.25) is 11.8 Å². The highest BCUT2D eigenvalue weighted by molar-refractivity contribution is 8.00. The number of benzene rings is 3. The first-order valence-corrected chi connectivity index (χ1v) is 17.5. The zero-order valence-electron chi connectivity index (χ0n) is 24.2. The van der Waals surface area contributed by atoms with Crippen LogP contribution < -0.4 is 5.32 Å². The Kier molecular flexibility index (Phi) is 8.31. The van der Waals surface area contributed by atoms with Gasteiger partial charge in [0.1, 0.15) is 16.8 Å². The molecule has 2 aromatic heterocycles. The maximum absolute atomic E-state index is 14.6. The smallest absolute Gasteiger partial charge is 0.321 e. The predicted octanol–water partition coefficient (Wildman–Crippen LogP) is 6.69. The van der Waals surface area contributed by atoms with Crippen molar-refractivity contribution in [2.45, 2.75) is 29.4 Å². The molecule has 6 nitrogen and oxygen atoms in total. The van der Waals surface area contributed by atoms with Crippen LogP contribution in [0.2, 0.25) is 0 Å². The Morgan fingerprint density at radius 2 is 1.56 bits per heavy atom. The third kappa shape index (κ3) is 5.83. The molecule has 0 radical (unpaired) electrons. The SMILES string of the molecule is O=C(Cc1ccccc1)N[C@@H]1C(=O)N2CC(C(=O)OC(c3ccccc3)c3ccccc3)(c3cc(-c4cccs4)cs3)CS[C@H]12. The third-order valence-corrected chi connectivity index (χ3v) is 11.9. The van der Waals surface area contributed by atoms with Crippen LogP contribution in [-0.2, 0) is 31.0 Å². The second kappa shape index (κ2) is 12.7. The molecule has 5 aromatic rings. The maximum Gasteiger partial charge on any atom is 0.321 e. The Labute approximate surface area is 274 Å². The number of carbonyl (C=O) groups is 3. The van der Waals surface area contributed by atoms with Gasteiger partial charge < -0.3 is 15.0 Å². The van der Waals surface area contributed by atoms with Crippen molar-refractivity contribution >= 4 is 52.2 Å². The van der Waals surface area contributed by atoms with Crippen LogP contribution in [0.25, 0.3) is 10.4 Å². The van der Waals surface area contributed by atoms with Gasteiger partial charge in [-0.1, -0.05) is 97.1 Å². The summed E-state index contributed by atoms with van der Waals surface area (Å²) >= 11 is 4.70. The lowest BCUT2D eigenvalue weighted by atomic mass is 9.84. The van der Waals surface area contributed by atoms with Crippen molar-refractivity contribution in [1.29, 1.82) is 0 Å². The molecule has 0 aliphatic carbocycles. The highest BCUT2D eigenvalue weighted by Gasteiger charge is 2.59. The fourth-order valence-corrected chi connectivity index (χ4v) is 9.44. The number of hydrogen-bond donors (Lipinski definition) is 1. The normalized spacial score (nSPS) is 20.7. The van der Waals surface area contributed by atoms with E-state index in [-0.39, 0.29) is 36.1 Å². The average Bonchev–Trinajstić information content (AvgIpc) is 3.80. The van der Waals surface area contributed by atoms with E-state index in [4.69, 9.17) is 4.74 Å². The molecule has 2 aliphatic heterocycles. The summed E-state index contributed by atoms with van der Waals surface area (Å²) in [5, 5.41) is 6.81. The van der Waals surface area contributed by atoms with E-state index >= 15 is 0 Å². The van der Waals surface area contributed by atoms with Gasteiger partial charge in [0.25, 0.3) is 0 Å². The number of nitrogens with one attached hydrogen (secondary N) is 1. The van der Waals surface area contributed by atoms with Gasteiger partial charge in [-0.25, -0.2) is 0 Å². The molecule has 0 bridgehead atoms. The second-order valence-electron chi connectivity index (χ2n) is 11.2. The molecule has 4 heterocycles. The summed E-state index contributed by atoms with van der Waals surface area (Å²) in [6.07, 6.45) is -0.396. The quantitative estimate of drug-likeness (QED) is 0.142. The molecule has 226 valence electrons. The van der Waals surface area contributed by atoms with Crippen LogP contribution in [0.5, 0.6) is 0 Å². The summed E-state index contributed by atoms with van der Waals surface area (Å²) in [5.41, 5.74) is 2.62. The standard InChI is InChI=1S/C36H30N2O4S3/c39-30(19-24-11-4-1-5-12-24)37-31-33(40)38-22-36(23-45-34(31)38,29-20-27(21-44-29)28-17-10-18-43-28)35(41)42-32(25-13-6-2-7-14-25)26-15-8-3-9-16-26/h1-18,20-21,31-32,34H,19,22-23H2,(H,37,39)/t31-,34-,36?/m1/s1. The molecule has 1 unspecified atom stereocenters. The highest BCUT2D eigenvalue weighted by Crippen LogP contribution is 2.47. The summed E-state index contributed by atoms with van der Waals surface area (Å²) < 4.78 is 6.47. The molecule has 0 saturated carbocycles. The van der Waals surface area contributed by atoms with Gasteiger partial charge in [-0.15, -0.1) is 34.4 Å². The minimum absolute atomic E-state index is 0.177. The summed E-state index contributed by atoms with van der Waals surface area (Å²) in [7, 11) is 0. The van der Waals surface area contributed by atoms with Gasteiger partial charge in [0.15, 0.2) is 6.10 Å². The fraction of sp³-hybridized carbons (Fsp3) is 0.194. The first kappa shape index (κ1) is 29.5. The fourth-order valence-electron chi connectivity index (χ4n) is 5.92. The Morgan fingerprint density at radius 3 is 2.20 bits per heavy atom. The molecule has 2 aliphatic rings. The molecule has 2 fully saturated rings. The number of thiophene rings is 2. The van der Waals surface area contributed by atoms with Crippen molar-refractivity contribution in [3.8, 4) is 10.4 Å². The Morgan fingerprint density at radius 1 is 0.889 bits per heavy atom. The lowest BCUT2D eigenvalue weighted by Crippen LogP contribution is -2.74. The molecule has 7 rings (SSSR count). The van der Waals surface area contributed by atoms with E-state index in [1.54, 1.807) is 16.2 Å². The zero-order chi connectivity index (χ0) is 30.8. The topological polar surface area (TPSA) is 75.7 Å². The van der Waals surface area contributed by atoms with E-state index in [0.717, 1.165) is 32.0 Å². The van der Waals surface area contributed by atoms with E-state index in [9.17, 15) is 14.4 Å². The molecule has 3 atom stereocenters. The van der Waals surface area contributed by atoms with E-state index < -0.39 is 17.6 Å². The Hall–Kier alpha value is -4.18. The van der Waals surface area contributed by atoms with Crippen molar-refractivity contribution in [2.75, 3.05) is 12.3 Å². The van der Waals surface area contributed by atoms with Crippen LogP contribution in [0.15, 0.2) is 120 Å². The first-order valence-electron chi connectivity index (χ1n) is 14.7. The van der Waals surface area contributed by atoms with Gasteiger partial charge in [-0.2, -0.15) is 0 Å². The lowest BCUT2D eigenvalue weighted by Gasteiger charge is -2.54. The largest absolute Gasteiger partial charge is 0.452 e. The maximum atomic E-state index is 14.6. The van der Waals surface area contributed by atoms with Crippen LogP contribution in [0.4, 0.5) is 0 Å². The van der Waals surface area contributed by atoms with E-state index in [2.05, 4.69) is 22.8 Å². The van der Waals surface area contributed by atoms with Gasteiger partial charge >= 0.3 is 5.97 Å². The van der Waals surface area contributed by atoms with Gasteiger partial charge in [0, 0.05) is 27.6 Å². The third-order valence-electron chi connectivity index (χ3n) is 8.30. The summed E-state index contributed by atoms with van der Waals surface area (Å²) in [6, 6.07) is 34.5. The van der Waals surface area contributed by atoms with Gasteiger partial charge in [0.05, 0.1) is 6.42 Å². The van der Waals surface area contributed by atoms with Crippen molar-refractivity contribution in [3.63, 3.8) is 0 Å². The Balaban J connectivity index is 1.17. The summed E-state index contributed by atoms with van der Waals surface area (Å²) in [6.45, 7) is 0.189. The number of rotatable bonds is 9. The first-order chi connectivity index (χ1) is 22.0. The summed E-state index contributed by atoms with van der Waals surface area (Å²) in [4.78, 5) is 44.7. The predicted molar refractivity (Wildman–Crippen MR) is 180 cm³/mol. The number of β-lactam (4-membered cyclic amide) rings is 1. The highest BCUT2D eigenvalue weighted by atomic mass is 32.2. The summed E-state index contributed by atoms with van der Waals surface area (Å²) in [5.74, 6) is -0.312. The number of nitrogens with zero attached hydrogens (tertiary/aromatic N) is 1. The molecule has 9 heteroatoms. The van der Waals surface area contributed by atoms with Crippen molar-refractivity contribution in [1.82, 2.24) is 10.2 Å². The average molecular weight is 651 g/mol. The van der Waals surface area contributed by atoms with Crippen molar-refractivity contribution in [2.24, 2.45) is 0 Å². The number of carbonyl (C=O) groups excluding carboxylic acids is 3. The van der Waals surface area contributed by atoms with Crippen LogP contribution in [0, 0.1) is 0 Å². The number of fused-ring (bicyclic) bond motifs is 1. The van der Waals surface area contributed by atoms with E-state index in [1.807, 2.05) is 102 Å². The molecular weight excluding hydrogens is 621 g/mol. The van der Waals surface area contributed by atoms with Crippen molar-refractivity contribution in [3.05, 3.63) is 142 Å². The van der Waals surface area contributed by atoms with E-state index in [0.29, 0.717) is 5.75 Å². The van der Waals surface area contributed by atoms with Gasteiger partial charge in [-0.3, -0.25) is 14.4 Å². The number of hydrogen-bond acceptors (Lipinski definition) is 7. The lowest BCUT2D eigenvalue weighted by molar-refractivity contribution is -0.160. The van der Waals surface area contributed by atoms with Crippen LogP contribution >= 0.6 is 34.4 Å². The molecule has 2 saturated heterocycles. The van der Waals surface area contributed by atoms with E-state index in [1.165, 1.54) is 23.1 Å². The minimum Gasteiger partial charge on any atom is -0.452 e. The molecule has 3 aromatic carbocycles. The molecule has 45 heavy (non-hydrogen) atoms. The van der Waals surface area contributed by atoms with Crippen LogP contribution in [-0.4, -0.2) is 46.4 Å². The molecule has 0 spiro atoms. The molecule has 2 amide bonds. The number of amides is 2. The minimum atomic E-state index is -1.07. The van der Waals surface area contributed by atoms with Crippen LogP contribution in [0.3, 0.4) is 0 Å². The number of ether oxygens (including phenoxy) is 1. The number of esters is 1. The Bertz CT molecular complexity index is 1750. The second-order valence-corrected chi connectivity index (χ2v) is 14.2. The number of thioether (sulfide) groups is 1. The van der Waals surface area contributed by atoms with Gasteiger partial charge in [-0.05, 0) is 39.6 Å². The van der Waals surface area contributed by atoms with Crippen molar-refractivity contribution < 1.29 is 19.1 Å². The van der Waals surface area contributed by atoms with Crippen LogP contribution in [0.1, 0.15) is 27.7 Å².